The van der Waals surface area contributed by atoms with Gasteiger partial charge in [-0.2, -0.15) is 0 Å². The lowest BCUT2D eigenvalue weighted by molar-refractivity contribution is 0.630. The number of benzene rings is 7. The second-order valence-corrected chi connectivity index (χ2v) is 11.8. The van der Waals surface area contributed by atoms with Crippen LogP contribution in [0.15, 0.2) is 170 Å². The van der Waals surface area contributed by atoms with Crippen molar-refractivity contribution >= 4 is 17.1 Å². The first-order chi connectivity index (χ1) is 22.5. The van der Waals surface area contributed by atoms with Crippen LogP contribution in [0.3, 0.4) is 0 Å². The lowest BCUT2D eigenvalue weighted by Crippen LogP contribution is -2.13. The minimum Gasteiger partial charge on any atom is -0.307 e. The van der Waals surface area contributed by atoms with Crippen molar-refractivity contribution in [2.75, 3.05) is 4.90 Å². The Labute approximate surface area is 270 Å². The summed E-state index contributed by atoms with van der Waals surface area (Å²) in [7, 11) is 0. The molecule has 0 atom stereocenters. The molecule has 1 nitrogen and oxygen atoms in total. The van der Waals surface area contributed by atoms with Crippen molar-refractivity contribution in [1.82, 2.24) is 0 Å². The van der Waals surface area contributed by atoms with Crippen molar-refractivity contribution in [1.29, 1.82) is 0 Å². The number of anilines is 3. The highest BCUT2D eigenvalue weighted by molar-refractivity contribution is 5.92. The molecule has 0 amide bonds. The molecule has 0 saturated carbocycles. The van der Waals surface area contributed by atoms with Gasteiger partial charge in [0.25, 0.3) is 0 Å². The van der Waals surface area contributed by atoms with Gasteiger partial charge >= 0.3 is 0 Å². The van der Waals surface area contributed by atoms with Crippen LogP contribution in [0.25, 0.3) is 44.5 Å². The predicted octanol–water partition coefficient (Wildman–Crippen LogP) is 12.6. The van der Waals surface area contributed by atoms with E-state index in [0.29, 0.717) is 5.69 Å². The lowest BCUT2D eigenvalue weighted by atomic mass is 9.93. The molecule has 0 aliphatic rings. The molecule has 0 unspecified atom stereocenters. The van der Waals surface area contributed by atoms with Gasteiger partial charge in [-0.1, -0.05) is 145 Å². The fourth-order valence-corrected chi connectivity index (χ4v) is 6.25. The average molecular weight is 596 g/mol. The van der Waals surface area contributed by atoms with Crippen LogP contribution in [0.4, 0.5) is 21.5 Å². The van der Waals surface area contributed by atoms with E-state index in [1.54, 1.807) is 6.07 Å². The Morgan fingerprint density at radius 1 is 0.370 bits per heavy atom. The van der Waals surface area contributed by atoms with E-state index in [2.05, 4.69) is 116 Å². The molecule has 7 aromatic carbocycles. The summed E-state index contributed by atoms with van der Waals surface area (Å²) in [6.45, 7) is 4.19. The SMILES string of the molecule is Cc1cc(C)cc(-c2cc(-c3ccccc3)cc(F)c2N(c2ccc(-c3ccccc3)cc2)c2ccc(-c3ccccc3)cc2)c1. The fraction of sp³-hybridized carbons (Fsp3) is 0.0455. The Morgan fingerprint density at radius 3 is 1.20 bits per heavy atom. The molecule has 7 rings (SSSR count). The molecule has 0 aliphatic carbocycles. The van der Waals surface area contributed by atoms with Crippen LogP contribution in [0.1, 0.15) is 11.1 Å². The molecule has 2 heteroatoms. The fourth-order valence-electron chi connectivity index (χ4n) is 6.25. The first-order valence-corrected chi connectivity index (χ1v) is 15.6. The van der Waals surface area contributed by atoms with Crippen molar-refractivity contribution in [3.8, 4) is 44.5 Å². The van der Waals surface area contributed by atoms with Crippen LogP contribution in [-0.2, 0) is 0 Å². The van der Waals surface area contributed by atoms with E-state index in [1.165, 1.54) is 0 Å². The Kier molecular flexibility index (Phi) is 8.01. The molecule has 0 fully saturated rings. The molecule has 0 bridgehead atoms. The summed E-state index contributed by atoms with van der Waals surface area (Å²) >= 11 is 0. The maximum atomic E-state index is 17.0. The monoisotopic (exact) mass is 595 g/mol. The Bertz CT molecular complexity index is 1980. The summed E-state index contributed by atoms with van der Waals surface area (Å²) in [5.41, 5.74) is 12.7. The van der Waals surface area contributed by atoms with Gasteiger partial charge in [0.2, 0.25) is 0 Å². The molecular weight excluding hydrogens is 561 g/mol. The van der Waals surface area contributed by atoms with Gasteiger partial charge in [-0.15, -0.1) is 0 Å². The average Bonchev–Trinajstić information content (AvgIpc) is 3.10. The van der Waals surface area contributed by atoms with Crippen molar-refractivity contribution < 1.29 is 4.39 Å². The molecule has 222 valence electrons. The maximum absolute atomic E-state index is 17.0. The first-order valence-electron chi connectivity index (χ1n) is 15.6. The Hall–Kier alpha value is -5.73. The van der Waals surface area contributed by atoms with Gasteiger partial charge in [-0.25, -0.2) is 4.39 Å². The Balaban J connectivity index is 1.45. The maximum Gasteiger partial charge on any atom is 0.148 e. The van der Waals surface area contributed by atoms with E-state index in [4.69, 9.17) is 0 Å². The van der Waals surface area contributed by atoms with Gasteiger partial charge in [0.15, 0.2) is 0 Å². The summed E-state index contributed by atoms with van der Waals surface area (Å²) in [5.74, 6) is -0.283. The third-order valence-corrected chi connectivity index (χ3v) is 8.39. The summed E-state index contributed by atoms with van der Waals surface area (Å²) < 4.78 is 17.0. The molecule has 0 N–H and O–H groups in total. The van der Waals surface area contributed by atoms with E-state index in [0.717, 1.165) is 67.0 Å². The molecular formula is C44H34FN. The summed E-state index contributed by atoms with van der Waals surface area (Å²) in [6, 6.07) is 57.7. The normalized spacial score (nSPS) is 10.9. The molecule has 0 spiro atoms. The van der Waals surface area contributed by atoms with Gasteiger partial charge in [0, 0.05) is 16.9 Å². The zero-order valence-electron chi connectivity index (χ0n) is 26.0. The number of hydrogen-bond acceptors (Lipinski definition) is 1. The van der Waals surface area contributed by atoms with Crippen LogP contribution < -0.4 is 4.90 Å². The van der Waals surface area contributed by atoms with Crippen molar-refractivity contribution in [3.05, 3.63) is 187 Å². The number of nitrogens with zero attached hydrogens (tertiary/aromatic N) is 1. The van der Waals surface area contributed by atoms with E-state index in [-0.39, 0.29) is 5.82 Å². The predicted molar refractivity (Wildman–Crippen MR) is 192 cm³/mol. The molecule has 0 saturated heterocycles. The van der Waals surface area contributed by atoms with Crippen molar-refractivity contribution in [3.63, 3.8) is 0 Å². The van der Waals surface area contributed by atoms with Crippen LogP contribution >= 0.6 is 0 Å². The summed E-state index contributed by atoms with van der Waals surface area (Å²) in [6.07, 6.45) is 0. The zero-order chi connectivity index (χ0) is 31.5. The van der Waals surface area contributed by atoms with Gasteiger partial charge in [0.05, 0.1) is 5.69 Å². The molecule has 0 radical (unpaired) electrons. The second kappa shape index (κ2) is 12.7. The van der Waals surface area contributed by atoms with Crippen LogP contribution in [0, 0.1) is 19.7 Å². The lowest BCUT2D eigenvalue weighted by Gasteiger charge is -2.29. The number of halogens is 1. The topological polar surface area (TPSA) is 3.24 Å². The summed E-state index contributed by atoms with van der Waals surface area (Å²) in [5, 5.41) is 0. The molecule has 7 aromatic rings. The van der Waals surface area contributed by atoms with Gasteiger partial charge in [-0.05, 0) is 89.2 Å². The van der Waals surface area contributed by atoms with Crippen LogP contribution in [-0.4, -0.2) is 0 Å². The standard InChI is InChI=1S/C44H34FN/c1-31-26-32(2)28-39(27-31)42-29-38(35-16-10-5-11-17-35)30-43(45)44(42)46(40-22-18-36(19-23-40)33-12-6-3-7-13-33)41-24-20-37(21-25-41)34-14-8-4-9-15-34/h3-30H,1-2H3. The largest absolute Gasteiger partial charge is 0.307 e. The molecule has 0 heterocycles. The van der Waals surface area contributed by atoms with E-state index in [1.807, 2.05) is 66.7 Å². The summed E-state index contributed by atoms with van der Waals surface area (Å²) in [4.78, 5) is 2.06. The van der Waals surface area contributed by atoms with E-state index >= 15 is 4.39 Å². The van der Waals surface area contributed by atoms with Gasteiger partial charge in [-0.3, -0.25) is 0 Å². The quantitative estimate of drug-likeness (QED) is 0.177. The molecule has 46 heavy (non-hydrogen) atoms. The second-order valence-electron chi connectivity index (χ2n) is 11.8. The van der Waals surface area contributed by atoms with Crippen molar-refractivity contribution in [2.24, 2.45) is 0 Å². The zero-order valence-corrected chi connectivity index (χ0v) is 26.0. The van der Waals surface area contributed by atoms with Crippen molar-refractivity contribution in [2.45, 2.75) is 13.8 Å². The highest BCUT2D eigenvalue weighted by Gasteiger charge is 2.23. The third kappa shape index (κ3) is 5.98. The van der Waals surface area contributed by atoms with Gasteiger partial charge in [0.1, 0.15) is 5.82 Å². The van der Waals surface area contributed by atoms with Crippen LogP contribution in [0.5, 0.6) is 0 Å². The number of aryl methyl sites for hydroxylation is 2. The smallest absolute Gasteiger partial charge is 0.148 e. The van der Waals surface area contributed by atoms with E-state index in [9.17, 15) is 0 Å². The minimum absolute atomic E-state index is 0.283. The molecule has 0 aromatic heterocycles. The van der Waals surface area contributed by atoms with Crippen LogP contribution in [0.2, 0.25) is 0 Å². The minimum atomic E-state index is -0.283. The van der Waals surface area contributed by atoms with Gasteiger partial charge < -0.3 is 4.90 Å². The molecule has 0 aliphatic heterocycles. The highest BCUT2D eigenvalue weighted by atomic mass is 19.1. The highest BCUT2D eigenvalue weighted by Crippen LogP contribution is 2.45. The first kappa shape index (κ1) is 29.0. The number of hydrogen-bond donors (Lipinski definition) is 0. The Morgan fingerprint density at radius 2 is 0.761 bits per heavy atom. The number of rotatable bonds is 7. The third-order valence-electron chi connectivity index (χ3n) is 8.39. The van der Waals surface area contributed by atoms with E-state index < -0.39 is 0 Å².